The third-order valence-electron chi connectivity index (χ3n) is 5.83. The number of amides is 1. The monoisotopic (exact) mass is 417 g/mol. The smallest absolute Gasteiger partial charge is 0.226 e. The summed E-state index contributed by atoms with van der Waals surface area (Å²) < 4.78 is 13.7. The number of aromatic nitrogens is 3. The van der Waals surface area contributed by atoms with E-state index in [4.69, 9.17) is 9.97 Å². The van der Waals surface area contributed by atoms with Gasteiger partial charge in [0.05, 0.1) is 11.7 Å². The van der Waals surface area contributed by atoms with Crippen molar-refractivity contribution in [3.8, 4) is 11.3 Å². The van der Waals surface area contributed by atoms with E-state index in [0.29, 0.717) is 17.3 Å². The normalized spacial score (nSPS) is 18.6. The molecule has 1 atom stereocenters. The highest BCUT2D eigenvalue weighted by Crippen LogP contribution is 2.38. The van der Waals surface area contributed by atoms with Gasteiger partial charge in [0, 0.05) is 42.2 Å². The molecule has 1 saturated carbocycles. The van der Waals surface area contributed by atoms with E-state index >= 15 is 0 Å². The largest absolute Gasteiger partial charge is 0.340 e. The summed E-state index contributed by atoms with van der Waals surface area (Å²) in [4.78, 5) is 28.6. The summed E-state index contributed by atoms with van der Waals surface area (Å²) in [6.45, 7) is 0.746. The summed E-state index contributed by atoms with van der Waals surface area (Å²) in [5, 5.41) is 3.20. The number of nitrogens with zero attached hydrogens (tertiary/aromatic N) is 4. The third kappa shape index (κ3) is 4.40. The number of hydrogen-bond donors (Lipinski definition) is 1. The van der Waals surface area contributed by atoms with E-state index < -0.39 is 0 Å². The SMILES string of the molecule is O=C(C1CC1)N1CCCC[C@@H]1c1nc(Nc2cccc(F)c2)cc(-c2ccncc2)n1. The van der Waals surface area contributed by atoms with Crippen molar-refractivity contribution < 1.29 is 9.18 Å². The topological polar surface area (TPSA) is 71.0 Å². The first-order valence-electron chi connectivity index (χ1n) is 10.8. The van der Waals surface area contributed by atoms with Crippen molar-refractivity contribution in [1.29, 1.82) is 0 Å². The van der Waals surface area contributed by atoms with Gasteiger partial charge < -0.3 is 10.2 Å². The van der Waals surface area contributed by atoms with E-state index in [0.717, 1.165) is 49.9 Å². The summed E-state index contributed by atoms with van der Waals surface area (Å²) in [5.41, 5.74) is 2.27. The molecule has 1 aromatic carbocycles. The van der Waals surface area contributed by atoms with Gasteiger partial charge in [0.2, 0.25) is 5.91 Å². The van der Waals surface area contributed by atoms with Gasteiger partial charge >= 0.3 is 0 Å². The Morgan fingerprint density at radius 1 is 1.03 bits per heavy atom. The second kappa shape index (κ2) is 8.41. The molecular weight excluding hydrogens is 393 g/mol. The van der Waals surface area contributed by atoms with Gasteiger partial charge in [0.15, 0.2) is 5.82 Å². The van der Waals surface area contributed by atoms with E-state index in [-0.39, 0.29) is 23.7 Å². The molecule has 0 unspecified atom stereocenters. The molecule has 31 heavy (non-hydrogen) atoms. The summed E-state index contributed by atoms with van der Waals surface area (Å²) in [5.74, 6) is 1.27. The first-order valence-corrected chi connectivity index (χ1v) is 10.8. The van der Waals surface area contributed by atoms with Crippen molar-refractivity contribution in [3.05, 3.63) is 66.5 Å². The predicted octanol–water partition coefficient (Wildman–Crippen LogP) is 4.88. The maximum absolute atomic E-state index is 13.7. The van der Waals surface area contributed by atoms with Gasteiger partial charge in [-0.1, -0.05) is 6.07 Å². The Morgan fingerprint density at radius 2 is 1.87 bits per heavy atom. The molecular formula is C24H24FN5O. The summed E-state index contributed by atoms with van der Waals surface area (Å²) in [6.07, 6.45) is 8.29. The predicted molar refractivity (Wildman–Crippen MR) is 116 cm³/mol. The lowest BCUT2D eigenvalue weighted by Gasteiger charge is -2.35. The molecule has 158 valence electrons. The minimum Gasteiger partial charge on any atom is -0.340 e. The highest BCUT2D eigenvalue weighted by Gasteiger charge is 2.38. The Balaban J connectivity index is 1.54. The van der Waals surface area contributed by atoms with Crippen molar-refractivity contribution in [3.63, 3.8) is 0 Å². The zero-order valence-corrected chi connectivity index (χ0v) is 17.2. The molecule has 1 amide bonds. The minimum atomic E-state index is -0.317. The molecule has 3 aromatic rings. The highest BCUT2D eigenvalue weighted by atomic mass is 19.1. The number of carbonyl (C=O) groups is 1. The minimum absolute atomic E-state index is 0.142. The van der Waals surface area contributed by atoms with Crippen LogP contribution in [0.2, 0.25) is 0 Å². The van der Waals surface area contributed by atoms with Gasteiger partial charge in [-0.15, -0.1) is 0 Å². The number of carbonyl (C=O) groups excluding carboxylic acids is 1. The van der Waals surface area contributed by atoms with E-state index in [2.05, 4.69) is 10.3 Å². The second-order valence-corrected chi connectivity index (χ2v) is 8.19. The van der Waals surface area contributed by atoms with Gasteiger partial charge in [-0.3, -0.25) is 9.78 Å². The lowest BCUT2D eigenvalue weighted by Crippen LogP contribution is -2.40. The van der Waals surface area contributed by atoms with Crippen LogP contribution in [-0.2, 0) is 4.79 Å². The molecule has 0 spiro atoms. The van der Waals surface area contributed by atoms with Gasteiger partial charge in [0.1, 0.15) is 11.6 Å². The number of rotatable bonds is 5. The van der Waals surface area contributed by atoms with Crippen molar-refractivity contribution >= 4 is 17.4 Å². The van der Waals surface area contributed by atoms with Gasteiger partial charge in [-0.25, -0.2) is 14.4 Å². The van der Waals surface area contributed by atoms with Crippen molar-refractivity contribution in [2.45, 2.75) is 38.1 Å². The van der Waals surface area contributed by atoms with Crippen LogP contribution in [0, 0.1) is 11.7 Å². The maximum atomic E-state index is 13.7. The molecule has 2 aliphatic rings. The zero-order chi connectivity index (χ0) is 21.2. The number of pyridine rings is 1. The molecule has 1 aliphatic carbocycles. The summed E-state index contributed by atoms with van der Waals surface area (Å²) in [7, 11) is 0. The van der Waals surface area contributed by atoms with E-state index in [9.17, 15) is 9.18 Å². The van der Waals surface area contributed by atoms with Crippen LogP contribution in [0.3, 0.4) is 0 Å². The van der Waals surface area contributed by atoms with Crippen LogP contribution in [0.15, 0.2) is 54.9 Å². The molecule has 1 N–H and O–H groups in total. The number of benzene rings is 1. The van der Waals surface area contributed by atoms with Crippen molar-refractivity contribution in [2.24, 2.45) is 5.92 Å². The Kier molecular flexibility index (Phi) is 5.32. The lowest BCUT2D eigenvalue weighted by atomic mass is 10.00. The van der Waals surface area contributed by atoms with E-state index in [1.807, 2.05) is 23.1 Å². The summed E-state index contributed by atoms with van der Waals surface area (Å²) >= 11 is 0. The molecule has 2 aromatic heterocycles. The first-order chi connectivity index (χ1) is 15.2. The zero-order valence-electron chi connectivity index (χ0n) is 17.2. The number of hydrogen-bond acceptors (Lipinski definition) is 5. The number of likely N-dealkylation sites (tertiary alicyclic amines) is 1. The van der Waals surface area contributed by atoms with Crippen LogP contribution in [0.4, 0.5) is 15.9 Å². The van der Waals surface area contributed by atoms with Gasteiger partial charge in [0.25, 0.3) is 0 Å². The fourth-order valence-electron chi connectivity index (χ4n) is 4.09. The molecule has 2 fully saturated rings. The standard InChI is InChI=1S/C24H24FN5O/c25-18-4-3-5-19(14-18)27-22-15-20(16-9-11-26-12-10-16)28-23(29-22)21-6-1-2-13-30(21)24(31)17-7-8-17/h3-5,9-12,14-15,17,21H,1-2,6-8,13H2,(H,27,28,29)/t21-/m1/s1. The summed E-state index contributed by atoms with van der Waals surface area (Å²) in [6, 6.07) is 11.8. The van der Waals surface area contributed by atoms with Crippen LogP contribution < -0.4 is 5.32 Å². The van der Waals surface area contributed by atoms with Crippen LogP contribution in [-0.4, -0.2) is 32.3 Å². The van der Waals surface area contributed by atoms with E-state index in [1.54, 1.807) is 24.5 Å². The molecule has 0 bridgehead atoms. The van der Waals surface area contributed by atoms with Crippen LogP contribution in [0.25, 0.3) is 11.3 Å². The molecule has 7 heteroatoms. The van der Waals surface area contributed by atoms with Crippen LogP contribution in [0.5, 0.6) is 0 Å². The lowest BCUT2D eigenvalue weighted by molar-refractivity contribution is -0.136. The third-order valence-corrected chi connectivity index (χ3v) is 5.83. The molecule has 3 heterocycles. The average molecular weight is 417 g/mol. The average Bonchev–Trinajstić information content (AvgIpc) is 3.65. The fourth-order valence-corrected chi connectivity index (χ4v) is 4.09. The Bertz CT molecular complexity index is 1090. The molecule has 1 saturated heterocycles. The van der Waals surface area contributed by atoms with Crippen LogP contribution >= 0.6 is 0 Å². The number of halogens is 1. The van der Waals surface area contributed by atoms with E-state index in [1.165, 1.54) is 12.1 Å². The number of nitrogens with one attached hydrogen (secondary N) is 1. The van der Waals surface area contributed by atoms with Crippen molar-refractivity contribution in [2.75, 3.05) is 11.9 Å². The van der Waals surface area contributed by atoms with Gasteiger partial charge in [-0.2, -0.15) is 0 Å². The van der Waals surface area contributed by atoms with Crippen LogP contribution in [0.1, 0.15) is 44.0 Å². The molecule has 6 nitrogen and oxygen atoms in total. The Morgan fingerprint density at radius 3 is 2.65 bits per heavy atom. The quantitative estimate of drug-likeness (QED) is 0.640. The van der Waals surface area contributed by atoms with Crippen molar-refractivity contribution in [1.82, 2.24) is 19.9 Å². The molecule has 5 rings (SSSR count). The Labute approximate surface area is 180 Å². The fraction of sp³-hybridized carbons (Fsp3) is 0.333. The van der Waals surface area contributed by atoms with Gasteiger partial charge in [-0.05, 0) is 62.4 Å². The first kappa shape index (κ1) is 19.6. The highest BCUT2D eigenvalue weighted by molar-refractivity contribution is 5.81. The second-order valence-electron chi connectivity index (χ2n) is 8.19. The Hall–Kier alpha value is -3.35. The maximum Gasteiger partial charge on any atom is 0.226 e. The molecule has 1 aliphatic heterocycles. The number of piperidine rings is 1. The number of anilines is 2. The molecule has 0 radical (unpaired) electrons.